The average Bonchev–Trinajstić information content (AvgIpc) is 3.47. The van der Waals surface area contributed by atoms with Gasteiger partial charge in [-0.25, -0.2) is 0 Å². The van der Waals surface area contributed by atoms with Crippen LogP contribution in [-0.4, -0.2) is 35.6 Å². The van der Waals surface area contributed by atoms with Crippen LogP contribution in [0.25, 0.3) is 0 Å². The summed E-state index contributed by atoms with van der Waals surface area (Å²) in [5, 5.41) is 8.83. The molecule has 2 aliphatic carbocycles. The van der Waals surface area contributed by atoms with Crippen LogP contribution in [0.2, 0.25) is 10.0 Å². The molecular weight excluding hydrogens is 465 g/mol. The quantitative estimate of drug-likeness (QED) is 0.379. The number of amides is 3. The van der Waals surface area contributed by atoms with E-state index in [-0.39, 0.29) is 48.0 Å². The summed E-state index contributed by atoms with van der Waals surface area (Å²) in [7, 11) is 0. The first kappa shape index (κ1) is 21.7. The Hall–Kier alpha value is -3.16. The van der Waals surface area contributed by atoms with Crippen molar-refractivity contribution in [1.29, 1.82) is 0 Å². The van der Waals surface area contributed by atoms with Gasteiger partial charge in [0.25, 0.3) is 17.7 Å². The molecule has 3 amide bonds. The summed E-state index contributed by atoms with van der Waals surface area (Å²) in [5.74, 6) is -0.990. The Morgan fingerprint density at radius 3 is 2.33 bits per heavy atom. The number of carbonyl (C=O) groups is 3. The molecule has 33 heavy (non-hydrogen) atoms. The number of carbonyl (C=O) groups excluding carboxylic acids is 3. The summed E-state index contributed by atoms with van der Waals surface area (Å²) in [5.41, 5.74) is 1.03. The summed E-state index contributed by atoms with van der Waals surface area (Å²) in [6, 6.07) is 11.5. The maximum absolute atomic E-state index is 12.8. The van der Waals surface area contributed by atoms with Gasteiger partial charge in [0.1, 0.15) is 5.75 Å². The molecule has 2 fully saturated rings. The fourth-order valence-corrected chi connectivity index (χ4v) is 5.05. The number of imide groups is 1. The van der Waals surface area contributed by atoms with E-state index < -0.39 is 0 Å². The van der Waals surface area contributed by atoms with Crippen molar-refractivity contribution in [3.63, 3.8) is 0 Å². The Balaban J connectivity index is 1.27. The number of allylic oxidation sites excluding steroid dienone is 2. The third-order valence-corrected chi connectivity index (χ3v) is 6.71. The lowest BCUT2D eigenvalue weighted by Gasteiger charge is -2.13. The average molecular weight is 484 g/mol. The first-order valence-corrected chi connectivity index (χ1v) is 11.2. The summed E-state index contributed by atoms with van der Waals surface area (Å²) in [6.45, 7) is -0.258. The fourth-order valence-electron chi connectivity index (χ4n) is 4.75. The van der Waals surface area contributed by atoms with E-state index in [4.69, 9.17) is 27.9 Å². The van der Waals surface area contributed by atoms with Gasteiger partial charge in [0.2, 0.25) is 0 Å². The van der Waals surface area contributed by atoms with Crippen molar-refractivity contribution >= 4 is 52.8 Å². The number of anilines is 1. The predicted octanol–water partition coefficient (Wildman–Crippen LogP) is 4.15. The topological polar surface area (TPSA) is 88.1 Å². The van der Waals surface area contributed by atoms with Crippen LogP contribution >= 0.6 is 23.2 Å². The van der Waals surface area contributed by atoms with Gasteiger partial charge in [0.15, 0.2) is 6.61 Å². The molecule has 9 heteroatoms. The first-order valence-electron chi connectivity index (χ1n) is 10.5. The highest BCUT2D eigenvalue weighted by atomic mass is 35.5. The molecule has 3 aliphatic rings. The molecule has 1 saturated carbocycles. The van der Waals surface area contributed by atoms with Gasteiger partial charge < -0.3 is 10.1 Å². The highest BCUT2D eigenvalue weighted by molar-refractivity contribution is 6.31. The highest BCUT2D eigenvalue weighted by Crippen LogP contribution is 2.52. The van der Waals surface area contributed by atoms with Crippen LogP contribution in [0.5, 0.6) is 5.75 Å². The molecule has 4 atom stereocenters. The smallest absolute Gasteiger partial charge is 0.262 e. The predicted molar refractivity (Wildman–Crippen MR) is 124 cm³/mol. The normalized spacial score (nSPS) is 25.2. The Morgan fingerprint density at radius 1 is 1.03 bits per heavy atom. The molecule has 1 aliphatic heterocycles. The monoisotopic (exact) mass is 483 g/mol. The standard InChI is InChI=1S/C24H19Cl2N3O4/c25-16-3-6-18(7-4-16)28-20(30)12-33-19-8-5-17(26)10-15(19)11-27-29-23(31)21-13-1-2-14(9-13)22(21)24(29)32/h1-8,10-11,13-14,21-22H,9,12H2,(H,28,30). The molecule has 7 nitrogen and oxygen atoms in total. The van der Waals surface area contributed by atoms with Crippen molar-refractivity contribution < 1.29 is 19.1 Å². The minimum absolute atomic E-state index is 0.112. The van der Waals surface area contributed by atoms with Crippen molar-refractivity contribution in [3.8, 4) is 5.75 Å². The number of halogens is 2. The molecule has 0 spiro atoms. The zero-order valence-electron chi connectivity index (χ0n) is 17.3. The van der Waals surface area contributed by atoms with Gasteiger partial charge in [0.05, 0.1) is 18.1 Å². The van der Waals surface area contributed by atoms with Crippen LogP contribution < -0.4 is 10.1 Å². The third-order valence-electron chi connectivity index (χ3n) is 6.22. The van der Waals surface area contributed by atoms with Crippen molar-refractivity contribution in [1.82, 2.24) is 5.01 Å². The van der Waals surface area contributed by atoms with Gasteiger partial charge in [-0.05, 0) is 60.7 Å². The van der Waals surface area contributed by atoms with Gasteiger partial charge in [-0.2, -0.15) is 10.1 Å². The molecule has 1 heterocycles. The molecular formula is C24H19Cl2N3O4. The Bertz CT molecular complexity index is 1160. The zero-order valence-corrected chi connectivity index (χ0v) is 18.8. The molecule has 5 rings (SSSR count). The Kier molecular flexibility index (Phi) is 5.68. The van der Waals surface area contributed by atoms with Crippen LogP contribution in [0, 0.1) is 23.7 Å². The van der Waals surface area contributed by atoms with E-state index in [1.54, 1.807) is 42.5 Å². The van der Waals surface area contributed by atoms with E-state index in [0.29, 0.717) is 27.0 Å². The van der Waals surface area contributed by atoms with E-state index in [1.165, 1.54) is 6.21 Å². The van der Waals surface area contributed by atoms with E-state index in [9.17, 15) is 14.4 Å². The van der Waals surface area contributed by atoms with Crippen molar-refractivity contribution in [3.05, 3.63) is 70.2 Å². The molecule has 2 aromatic carbocycles. The number of hydrogen-bond acceptors (Lipinski definition) is 5. The number of rotatable bonds is 6. The summed E-state index contributed by atoms with van der Waals surface area (Å²) < 4.78 is 5.65. The van der Waals surface area contributed by atoms with Gasteiger partial charge in [0, 0.05) is 21.3 Å². The third kappa shape index (κ3) is 4.14. The lowest BCUT2D eigenvalue weighted by Crippen LogP contribution is -2.28. The molecule has 4 unspecified atom stereocenters. The van der Waals surface area contributed by atoms with E-state index >= 15 is 0 Å². The van der Waals surface area contributed by atoms with Crippen molar-refractivity contribution in [2.75, 3.05) is 11.9 Å². The second kappa shape index (κ2) is 8.65. The fraction of sp³-hybridized carbons (Fsp3) is 0.250. The van der Waals surface area contributed by atoms with Crippen LogP contribution in [0.4, 0.5) is 5.69 Å². The van der Waals surface area contributed by atoms with Crippen molar-refractivity contribution in [2.45, 2.75) is 6.42 Å². The largest absolute Gasteiger partial charge is 0.483 e. The van der Waals surface area contributed by atoms with Crippen LogP contribution in [0.3, 0.4) is 0 Å². The summed E-state index contributed by atoms with van der Waals surface area (Å²) >= 11 is 12.0. The number of benzene rings is 2. The molecule has 2 aromatic rings. The molecule has 0 aromatic heterocycles. The van der Waals surface area contributed by atoms with Gasteiger partial charge >= 0.3 is 0 Å². The number of ether oxygens (including phenoxy) is 1. The maximum Gasteiger partial charge on any atom is 0.262 e. The lowest BCUT2D eigenvalue weighted by atomic mass is 9.85. The minimum atomic E-state index is -0.365. The number of nitrogens with zero attached hydrogens (tertiary/aromatic N) is 2. The second-order valence-electron chi connectivity index (χ2n) is 8.26. The highest BCUT2D eigenvalue weighted by Gasteiger charge is 2.59. The van der Waals surface area contributed by atoms with E-state index in [2.05, 4.69) is 10.4 Å². The van der Waals surface area contributed by atoms with Crippen LogP contribution in [-0.2, 0) is 14.4 Å². The van der Waals surface area contributed by atoms with E-state index in [1.807, 2.05) is 12.2 Å². The van der Waals surface area contributed by atoms with Crippen molar-refractivity contribution in [2.24, 2.45) is 28.8 Å². The van der Waals surface area contributed by atoms with Crippen LogP contribution in [0.1, 0.15) is 12.0 Å². The number of hydrogen-bond donors (Lipinski definition) is 1. The number of nitrogens with one attached hydrogen (secondary N) is 1. The van der Waals surface area contributed by atoms with Crippen LogP contribution in [0.15, 0.2) is 59.7 Å². The van der Waals surface area contributed by atoms with Gasteiger partial charge in [-0.3, -0.25) is 14.4 Å². The van der Waals surface area contributed by atoms with Gasteiger partial charge in [-0.15, -0.1) is 0 Å². The molecule has 1 saturated heterocycles. The zero-order chi connectivity index (χ0) is 23.1. The minimum Gasteiger partial charge on any atom is -0.483 e. The molecule has 1 N–H and O–H groups in total. The first-order chi connectivity index (χ1) is 15.9. The molecule has 2 bridgehead atoms. The maximum atomic E-state index is 12.8. The Morgan fingerprint density at radius 2 is 1.67 bits per heavy atom. The summed E-state index contributed by atoms with van der Waals surface area (Å²) in [6.07, 6.45) is 6.28. The van der Waals surface area contributed by atoms with E-state index in [0.717, 1.165) is 11.4 Å². The Labute approximate surface area is 200 Å². The lowest BCUT2D eigenvalue weighted by molar-refractivity contribution is -0.140. The molecule has 0 radical (unpaired) electrons. The second-order valence-corrected chi connectivity index (χ2v) is 9.13. The van der Waals surface area contributed by atoms with Gasteiger partial charge in [-0.1, -0.05) is 35.4 Å². The number of fused-ring (bicyclic) bond motifs is 5. The SMILES string of the molecule is O=C(COc1ccc(Cl)cc1C=NN1C(=O)C2C3C=CC(C3)C2C1=O)Nc1ccc(Cl)cc1. The number of hydrazone groups is 1. The molecule has 168 valence electrons. The summed E-state index contributed by atoms with van der Waals surface area (Å²) in [4.78, 5) is 37.9.